The predicted octanol–water partition coefficient (Wildman–Crippen LogP) is 4.83. The average molecular weight is 347 g/mol. The van der Waals surface area contributed by atoms with Gasteiger partial charge in [0.25, 0.3) is 5.91 Å². The molecule has 0 atom stereocenters. The molecule has 26 heavy (non-hydrogen) atoms. The molecule has 0 unspecified atom stereocenters. The molecule has 4 heteroatoms. The SMILES string of the molecule is COc1ccccc1OCc1ccc(C(=O)Nc2ccccc2C)cc1. The molecule has 3 rings (SSSR count). The molecule has 0 saturated heterocycles. The number of hydrogen-bond donors (Lipinski definition) is 1. The van der Waals surface area contributed by atoms with Crippen LogP contribution in [0.25, 0.3) is 0 Å². The van der Waals surface area contributed by atoms with E-state index in [0.717, 1.165) is 16.8 Å². The molecule has 1 N–H and O–H groups in total. The van der Waals surface area contributed by atoms with E-state index in [4.69, 9.17) is 9.47 Å². The van der Waals surface area contributed by atoms with E-state index in [1.165, 1.54) is 0 Å². The summed E-state index contributed by atoms with van der Waals surface area (Å²) in [5, 5.41) is 2.93. The molecule has 0 aromatic heterocycles. The van der Waals surface area contributed by atoms with Gasteiger partial charge in [-0.3, -0.25) is 4.79 Å². The third-order valence-corrected chi connectivity index (χ3v) is 4.07. The zero-order chi connectivity index (χ0) is 18.4. The highest BCUT2D eigenvalue weighted by Crippen LogP contribution is 2.26. The van der Waals surface area contributed by atoms with Gasteiger partial charge in [-0.15, -0.1) is 0 Å². The van der Waals surface area contributed by atoms with Gasteiger partial charge in [0.05, 0.1) is 7.11 Å². The molecule has 1 amide bonds. The third kappa shape index (κ3) is 4.22. The van der Waals surface area contributed by atoms with Crippen LogP contribution in [0.4, 0.5) is 5.69 Å². The van der Waals surface area contributed by atoms with E-state index >= 15 is 0 Å². The zero-order valence-corrected chi connectivity index (χ0v) is 14.9. The number of anilines is 1. The Labute approximate surface area is 153 Å². The molecular weight excluding hydrogens is 326 g/mol. The van der Waals surface area contributed by atoms with Crippen molar-refractivity contribution in [1.29, 1.82) is 0 Å². The van der Waals surface area contributed by atoms with Crippen LogP contribution in [-0.4, -0.2) is 13.0 Å². The Bertz CT molecular complexity index is 888. The van der Waals surface area contributed by atoms with Crippen molar-refractivity contribution in [3.05, 3.63) is 89.5 Å². The summed E-state index contributed by atoms with van der Waals surface area (Å²) >= 11 is 0. The Morgan fingerprint density at radius 1 is 0.885 bits per heavy atom. The number of carbonyl (C=O) groups excluding carboxylic acids is 1. The molecular formula is C22H21NO3. The van der Waals surface area contributed by atoms with Crippen LogP contribution >= 0.6 is 0 Å². The Hall–Kier alpha value is -3.27. The largest absolute Gasteiger partial charge is 0.493 e. The molecule has 0 bridgehead atoms. The molecule has 0 heterocycles. The average Bonchev–Trinajstić information content (AvgIpc) is 2.68. The van der Waals surface area contributed by atoms with E-state index in [0.29, 0.717) is 23.7 Å². The van der Waals surface area contributed by atoms with Gasteiger partial charge in [0.1, 0.15) is 6.61 Å². The van der Waals surface area contributed by atoms with Crippen molar-refractivity contribution < 1.29 is 14.3 Å². The fourth-order valence-electron chi connectivity index (χ4n) is 2.56. The first kappa shape index (κ1) is 17.5. The van der Waals surface area contributed by atoms with Crippen molar-refractivity contribution in [2.45, 2.75) is 13.5 Å². The summed E-state index contributed by atoms with van der Waals surface area (Å²) in [7, 11) is 1.62. The third-order valence-electron chi connectivity index (χ3n) is 4.07. The maximum Gasteiger partial charge on any atom is 0.255 e. The van der Waals surface area contributed by atoms with Gasteiger partial charge in [-0.25, -0.2) is 0 Å². The quantitative estimate of drug-likeness (QED) is 0.694. The van der Waals surface area contributed by atoms with Gasteiger partial charge >= 0.3 is 0 Å². The van der Waals surface area contributed by atoms with Crippen molar-refractivity contribution in [3.8, 4) is 11.5 Å². The zero-order valence-electron chi connectivity index (χ0n) is 14.9. The monoisotopic (exact) mass is 347 g/mol. The number of methoxy groups -OCH3 is 1. The fraction of sp³-hybridized carbons (Fsp3) is 0.136. The Morgan fingerprint density at radius 3 is 2.23 bits per heavy atom. The lowest BCUT2D eigenvalue weighted by atomic mass is 10.1. The van der Waals surface area contributed by atoms with Crippen LogP contribution in [0.2, 0.25) is 0 Å². The molecule has 0 saturated carbocycles. The van der Waals surface area contributed by atoms with Crippen molar-refractivity contribution in [1.82, 2.24) is 0 Å². The van der Waals surface area contributed by atoms with Gasteiger partial charge in [-0.05, 0) is 48.4 Å². The molecule has 0 aliphatic rings. The van der Waals surface area contributed by atoms with E-state index in [-0.39, 0.29) is 5.91 Å². The van der Waals surface area contributed by atoms with Crippen LogP contribution in [0.3, 0.4) is 0 Å². The smallest absolute Gasteiger partial charge is 0.255 e. The first-order chi connectivity index (χ1) is 12.7. The number of rotatable bonds is 6. The Balaban J connectivity index is 1.63. The number of carbonyl (C=O) groups is 1. The second kappa shape index (κ2) is 8.21. The molecule has 0 radical (unpaired) electrons. The van der Waals surface area contributed by atoms with Crippen molar-refractivity contribution in [3.63, 3.8) is 0 Å². The minimum Gasteiger partial charge on any atom is -0.493 e. The second-order valence-corrected chi connectivity index (χ2v) is 5.91. The van der Waals surface area contributed by atoms with E-state index in [2.05, 4.69) is 5.32 Å². The summed E-state index contributed by atoms with van der Waals surface area (Å²) in [6, 6.07) is 22.6. The molecule has 4 nitrogen and oxygen atoms in total. The second-order valence-electron chi connectivity index (χ2n) is 5.91. The molecule has 132 valence electrons. The van der Waals surface area contributed by atoms with E-state index in [9.17, 15) is 4.79 Å². The molecule has 0 aliphatic heterocycles. The van der Waals surface area contributed by atoms with Crippen LogP contribution in [0.15, 0.2) is 72.8 Å². The summed E-state index contributed by atoms with van der Waals surface area (Å²) in [6.45, 7) is 2.37. The summed E-state index contributed by atoms with van der Waals surface area (Å²) in [5.41, 5.74) is 3.43. The minimum atomic E-state index is -0.128. The number of hydrogen-bond acceptors (Lipinski definition) is 3. The highest BCUT2D eigenvalue weighted by Gasteiger charge is 2.08. The van der Waals surface area contributed by atoms with Crippen molar-refractivity contribution >= 4 is 11.6 Å². The van der Waals surface area contributed by atoms with Crippen LogP contribution in [0.1, 0.15) is 21.5 Å². The number of amides is 1. The predicted molar refractivity (Wildman–Crippen MR) is 103 cm³/mol. The summed E-state index contributed by atoms with van der Waals surface area (Å²) < 4.78 is 11.1. The van der Waals surface area contributed by atoms with E-state index in [1.54, 1.807) is 19.2 Å². The fourth-order valence-corrected chi connectivity index (χ4v) is 2.56. The lowest BCUT2D eigenvalue weighted by Crippen LogP contribution is -2.12. The number of ether oxygens (including phenoxy) is 2. The van der Waals surface area contributed by atoms with Gasteiger partial charge < -0.3 is 14.8 Å². The summed E-state index contributed by atoms with van der Waals surface area (Å²) in [4.78, 5) is 12.4. The highest BCUT2D eigenvalue weighted by atomic mass is 16.5. The minimum absolute atomic E-state index is 0.128. The number of aryl methyl sites for hydroxylation is 1. The van der Waals surface area contributed by atoms with Gasteiger partial charge in [0.15, 0.2) is 11.5 Å². The van der Waals surface area contributed by atoms with Gasteiger partial charge in [0, 0.05) is 11.3 Å². The first-order valence-corrected chi connectivity index (χ1v) is 8.39. The number of nitrogens with one attached hydrogen (secondary N) is 1. The molecule has 0 aliphatic carbocycles. The Kier molecular flexibility index (Phi) is 5.54. The van der Waals surface area contributed by atoms with Gasteiger partial charge in [0.2, 0.25) is 0 Å². The summed E-state index contributed by atoms with van der Waals surface area (Å²) in [5.74, 6) is 1.26. The summed E-state index contributed by atoms with van der Waals surface area (Å²) in [6.07, 6.45) is 0. The lowest BCUT2D eigenvalue weighted by Gasteiger charge is -2.11. The van der Waals surface area contributed by atoms with E-state index in [1.807, 2.05) is 67.6 Å². The number of para-hydroxylation sites is 3. The Morgan fingerprint density at radius 2 is 1.54 bits per heavy atom. The molecule has 0 fully saturated rings. The van der Waals surface area contributed by atoms with Crippen LogP contribution < -0.4 is 14.8 Å². The maximum atomic E-state index is 12.4. The highest BCUT2D eigenvalue weighted by molar-refractivity contribution is 6.04. The first-order valence-electron chi connectivity index (χ1n) is 8.39. The number of benzene rings is 3. The van der Waals surface area contributed by atoms with E-state index < -0.39 is 0 Å². The maximum absolute atomic E-state index is 12.4. The van der Waals surface area contributed by atoms with Crippen molar-refractivity contribution in [2.24, 2.45) is 0 Å². The van der Waals surface area contributed by atoms with Crippen LogP contribution in [-0.2, 0) is 6.61 Å². The molecule has 3 aromatic rings. The van der Waals surface area contributed by atoms with Crippen molar-refractivity contribution in [2.75, 3.05) is 12.4 Å². The van der Waals surface area contributed by atoms with Gasteiger partial charge in [-0.1, -0.05) is 42.5 Å². The molecule has 0 spiro atoms. The van der Waals surface area contributed by atoms with Crippen LogP contribution in [0.5, 0.6) is 11.5 Å². The van der Waals surface area contributed by atoms with Crippen LogP contribution in [0, 0.1) is 6.92 Å². The normalized spacial score (nSPS) is 10.2. The van der Waals surface area contributed by atoms with Gasteiger partial charge in [-0.2, -0.15) is 0 Å². The lowest BCUT2D eigenvalue weighted by molar-refractivity contribution is 0.102. The standard InChI is InChI=1S/C22H21NO3/c1-16-7-3-4-8-19(16)23-22(24)18-13-11-17(12-14-18)15-26-21-10-6-5-9-20(21)25-2/h3-14H,15H2,1-2H3,(H,23,24). The topological polar surface area (TPSA) is 47.6 Å². The molecule has 3 aromatic carbocycles.